The molecule has 1 atom stereocenters. The molecule has 42 heavy (non-hydrogen) atoms. The largest absolute Gasteiger partial charge is 0.481 e. The van der Waals surface area contributed by atoms with E-state index in [0.717, 1.165) is 62.6 Å². The molecule has 0 aliphatic carbocycles. The number of carboxylic acid groups (broad SMARTS) is 1. The summed E-state index contributed by atoms with van der Waals surface area (Å²) < 4.78 is 6.19. The van der Waals surface area contributed by atoms with Crippen molar-refractivity contribution >= 4 is 47.5 Å². The fourth-order valence-electron chi connectivity index (χ4n) is 6.23. The number of halogens is 3. The highest BCUT2D eigenvalue weighted by Crippen LogP contribution is 2.31. The molecule has 9 nitrogen and oxygen atoms in total. The Hall–Kier alpha value is -2.69. The Morgan fingerprint density at radius 2 is 1.69 bits per heavy atom. The molecular formula is C30H35Cl3N6O3. The lowest BCUT2D eigenvalue weighted by Gasteiger charge is -2.37. The van der Waals surface area contributed by atoms with E-state index in [0.29, 0.717) is 40.0 Å². The minimum atomic E-state index is -0.724. The van der Waals surface area contributed by atoms with Gasteiger partial charge in [0.05, 0.1) is 18.1 Å². The Morgan fingerprint density at radius 3 is 2.40 bits per heavy atom. The molecule has 0 saturated carbocycles. The van der Waals surface area contributed by atoms with Gasteiger partial charge < -0.3 is 14.7 Å². The zero-order valence-corrected chi connectivity index (χ0v) is 25.6. The molecule has 5 heterocycles. The van der Waals surface area contributed by atoms with Crippen molar-refractivity contribution in [3.63, 3.8) is 0 Å². The number of rotatable bonds is 8. The standard InChI is InChI=1S/C30H34Cl2N6O3.ClH/c31-23-13-22(14-24(32)15-23)27-10-21(18-36-6-3-20(4-7-36)12-29(39)40)11-28(35-27)41-26-16-33-30(34-17-26)38-9-8-37-5-1-2-25(37)19-38;/h10-11,13-17,20,25H,1-9,12,18-19H2,(H,39,40);1H. The number of hydrogen-bond donors (Lipinski definition) is 1. The Labute approximate surface area is 262 Å². The molecule has 1 unspecified atom stereocenters. The van der Waals surface area contributed by atoms with Crippen LogP contribution >= 0.6 is 35.6 Å². The number of piperidine rings is 1. The van der Waals surface area contributed by atoms with E-state index >= 15 is 0 Å². The minimum absolute atomic E-state index is 0. The van der Waals surface area contributed by atoms with Gasteiger partial charge >= 0.3 is 5.97 Å². The summed E-state index contributed by atoms with van der Waals surface area (Å²) in [5.41, 5.74) is 2.53. The maximum Gasteiger partial charge on any atom is 0.303 e. The van der Waals surface area contributed by atoms with Crippen molar-refractivity contribution in [3.8, 4) is 22.9 Å². The van der Waals surface area contributed by atoms with Gasteiger partial charge in [0, 0.05) is 60.3 Å². The Bertz CT molecular complexity index is 1370. The topological polar surface area (TPSA) is 94.9 Å². The predicted molar refractivity (Wildman–Crippen MR) is 166 cm³/mol. The van der Waals surface area contributed by atoms with Gasteiger partial charge in [-0.05, 0) is 81.1 Å². The van der Waals surface area contributed by atoms with Crippen molar-refractivity contribution in [2.45, 2.75) is 44.7 Å². The zero-order chi connectivity index (χ0) is 28.3. The second kappa shape index (κ2) is 13.7. The maximum absolute atomic E-state index is 11.1. The number of piperazine rings is 1. The first-order valence-corrected chi connectivity index (χ1v) is 15.0. The van der Waals surface area contributed by atoms with Gasteiger partial charge in [0.15, 0.2) is 5.75 Å². The van der Waals surface area contributed by atoms with Crippen molar-refractivity contribution in [1.82, 2.24) is 24.8 Å². The third kappa shape index (κ3) is 7.63. The van der Waals surface area contributed by atoms with E-state index in [-0.39, 0.29) is 24.7 Å². The fraction of sp³-hybridized carbons (Fsp3) is 0.467. The number of aliphatic carboxylic acids is 1. The van der Waals surface area contributed by atoms with E-state index in [1.807, 2.05) is 24.3 Å². The molecule has 3 saturated heterocycles. The van der Waals surface area contributed by atoms with Gasteiger partial charge in [0.25, 0.3) is 0 Å². The number of likely N-dealkylation sites (tertiary alicyclic amines) is 1. The first-order chi connectivity index (χ1) is 19.9. The number of fused-ring (bicyclic) bond motifs is 1. The third-order valence-corrected chi connectivity index (χ3v) is 8.74. The van der Waals surface area contributed by atoms with Crippen LogP contribution in [0, 0.1) is 5.92 Å². The molecule has 3 aliphatic rings. The highest BCUT2D eigenvalue weighted by atomic mass is 35.5. The molecule has 0 radical (unpaired) electrons. The van der Waals surface area contributed by atoms with Gasteiger partial charge in [-0.15, -0.1) is 12.4 Å². The van der Waals surface area contributed by atoms with Crippen LogP contribution in [-0.4, -0.2) is 81.1 Å². The van der Waals surface area contributed by atoms with Crippen LogP contribution < -0.4 is 9.64 Å². The number of benzene rings is 1. The Balaban J connectivity index is 0.00000353. The molecular weight excluding hydrogens is 599 g/mol. The van der Waals surface area contributed by atoms with Crippen LogP contribution in [0.4, 0.5) is 5.95 Å². The number of nitrogens with zero attached hydrogens (tertiary/aromatic N) is 6. The third-order valence-electron chi connectivity index (χ3n) is 8.30. The highest BCUT2D eigenvalue weighted by molar-refractivity contribution is 6.35. The van der Waals surface area contributed by atoms with Gasteiger partial charge in [0.2, 0.25) is 11.8 Å². The first kappa shape index (κ1) is 30.8. The van der Waals surface area contributed by atoms with Crippen molar-refractivity contribution in [2.75, 3.05) is 44.2 Å². The lowest BCUT2D eigenvalue weighted by molar-refractivity contribution is -0.138. The normalized spacial score (nSPS) is 19.8. The summed E-state index contributed by atoms with van der Waals surface area (Å²) in [5.74, 6) is 1.19. The van der Waals surface area contributed by atoms with Crippen LogP contribution in [0.5, 0.6) is 11.6 Å². The number of aromatic nitrogens is 3. The molecule has 2 aromatic heterocycles. The molecule has 3 fully saturated rings. The number of anilines is 1. The van der Waals surface area contributed by atoms with Crippen LogP contribution in [0.2, 0.25) is 10.0 Å². The lowest BCUT2D eigenvalue weighted by atomic mass is 9.93. The van der Waals surface area contributed by atoms with E-state index in [9.17, 15) is 4.79 Å². The Morgan fingerprint density at radius 1 is 0.952 bits per heavy atom. The maximum atomic E-state index is 11.1. The number of hydrogen-bond acceptors (Lipinski definition) is 8. The first-order valence-electron chi connectivity index (χ1n) is 14.3. The molecule has 6 rings (SSSR count). The van der Waals surface area contributed by atoms with Gasteiger partial charge in [0.1, 0.15) is 0 Å². The number of ether oxygens (including phenoxy) is 1. The molecule has 0 spiro atoms. The van der Waals surface area contributed by atoms with Gasteiger partial charge in [-0.25, -0.2) is 15.0 Å². The lowest BCUT2D eigenvalue weighted by Crippen LogP contribution is -2.50. The molecule has 1 N–H and O–H groups in total. The summed E-state index contributed by atoms with van der Waals surface area (Å²) >= 11 is 12.6. The molecule has 3 aromatic rings. The van der Waals surface area contributed by atoms with Crippen molar-refractivity contribution in [2.24, 2.45) is 5.92 Å². The van der Waals surface area contributed by atoms with Crippen molar-refractivity contribution < 1.29 is 14.6 Å². The number of carboxylic acids is 1. The quantitative estimate of drug-likeness (QED) is 0.319. The van der Waals surface area contributed by atoms with Crippen LogP contribution in [0.3, 0.4) is 0 Å². The summed E-state index contributed by atoms with van der Waals surface area (Å²) in [4.78, 5) is 32.3. The van der Waals surface area contributed by atoms with Crippen molar-refractivity contribution in [3.05, 3.63) is 58.3 Å². The summed E-state index contributed by atoms with van der Waals surface area (Å²) in [6, 6.07) is 9.93. The molecule has 3 aliphatic heterocycles. The van der Waals surface area contributed by atoms with Gasteiger partial charge in [-0.3, -0.25) is 14.6 Å². The summed E-state index contributed by atoms with van der Waals surface area (Å²) in [5, 5.41) is 10.2. The van der Waals surface area contributed by atoms with Crippen LogP contribution in [0.1, 0.15) is 37.7 Å². The average molecular weight is 634 g/mol. The smallest absolute Gasteiger partial charge is 0.303 e. The van der Waals surface area contributed by atoms with E-state index < -0.39 is 5.97 Å². The molecule has 12 heteroatoms. The number of carbonyl (C=O) groups is 1. The molecule has 0 bridgehead atoms. The van der Waals surface area contributed by atoms with Gasteiger partial charge in [-0.2, -0.15) is 0 Å². The van der Waals surface area contributed by atoms with E-state index in [4.69, 9.17) is 38.0 Å². The number of pyridine rings is 1. The van der Waals surface area contributed by atoms with E-state index in [1.165, 1.54) is 19.4 Å². The van der Waals surface area contributed by atoms with Crippen LogP contribution in [-0.2, 0) is 11.3 Å². The predicted octanol–water partition coefficient (Wildman–Crippen LogP) is 6.03. The highest BCUT2D eigenvalue weighted by Gasteiger charge is 2.31. The molecule has 0 amide bonds. The van der Waals surface area contributed by atoms with Crippen LogP contribution in [0.25, 0.3) is 11.3 Å². The van der Waals surface area contributed by atoms with E-state index in [1.54, 1.807) is 18.5 Å². The van der Waals surface area contributed by atoms with Crippen molar-refractivity contribution in [1.29, 1.82) is 0 Å². The fourth-order valence-corrected chi connectivity index (χ4v) is 6.75. The molecule has 1 aromatic carbocycles. The SMILES string of the molecule is Cl.O=C(O)CC1CCN(Cc2cc(Oc3cnc(N4CCN5CCCC5C4)nc3)nc(-c3cc(Cl)cc(Cl)c3)c2)CC1. The summed E-state index contributed by atoms with van der Waals surface area (Å²) in [6.45, 7) is 6.53. The average Bonchev–Trinajstić information content (AvgIpc) is 3.42. The van der Waals surface area contributed by atoms with Crippen LogP contribution in [0.15, 0.2) is 42.7 Å². The summed E-state index contributed by atoms with van der Waals surface area (Å²) in [7, 11) is 0. The summed E-state index contributed by atoms with van der Waals surface area (Å²) in [6.07, 6.45) is 7.90. The second-order valence-electron chi connectivity index (χ2n) is 11.3. The zero-order valence-electron chi connectivity index (χ0n) is 23.3. The van der Waals surface area contributed by atoms with Gasteiger partial charge in [-0.1, -0.05) is 23.2 Å². The second-order valence-corrected chi connectivity index (χ2v) is 12.1. The molecule has 224 valence electrons. The Kier molecular flexibility index (Phi) is 10.1. The van der Waals surface area contributed by atoms with E-state index in [2.05, 4.69) is 24.7 Å². The minimum Gasteiger partial charge on any atom is -0.481 e. The monoisotopic (exact) mass is 632 g/mol.